The Morgan fingerprint density at radius 1 is 1.46 bits per heavy atom. The maximum absolute atomic E-state index is 12.5. The highest BCUT2D eigenvalue weighted by Crippen LogP contribution is 2.36. The number of alkyl carbamates (subject to hydrolysis) is 1. The number of nitrogens with zero attached hydrogens (tertiary/aromatic N) is 3. The van der Waals surface area contributed by atoms with E-state index in [1.807, 2.05) is 18.4 Å². The minimum atomic E-state index is -0.599. The zero-order valence-corrected chi connectivity index (χ0v) is 16.9. The molecule has 0 unspecified atom stereocenters. The highest BCUT2D eigenvalue weighted by molar-refractivity contribution is 7.13. The minimum absolute atomic E-state index is 0.231. The van der Waals surface area contributed by atoms with E-state index in [1.54, 1.807) is 25.3 Å². The van der Waals surface area contributed by atoms with Crippen LogP contribution in [0, 0.1) is 18.3 Å². The maximum Gasteiger partial charge on any atom is 0.407 e. The van der Waals surface area contributed by atoms with E-state index in [2.05, 4.69) is 21.4 Å². The van der Waals surface area contributed by atoms with Gasteiger partial charge in [-0.05, 0) is 44.7 Å². The lowest BCUT2D eigenvalue weighted by molar-refractivity contribution is 0.0526. The number of amides is 1. The van der Waals surface area contributed by atoms with Crippen LogP contribution in [0.15, 0.2) is 22.6 Å². The molecular weight excluding hydrogens is 378 g/mol. The Morgan fingerprint density at radius 3 is 2.82 bits per heavy atom. The van der Waals surface area contributed by atoms with Gasteiger partial charge in [0.15, 0.2) is 0 Å². The summed E-state index contributed by atoms with van der Waals surface area (Å²) in [7, 11) is 0. The smallest absolute Gasteiger partial charge is 0.407 e. The number of hydrogen-bond acceptors (Lipinski definition) is 6. The number of rotatable bonds is 4. The van der Waals surface area contributed by atoms with Crippen LogP contribution in [0.5, 0.6) is 0 Å². The highest BCUT2D eigenvalue weighted by Gasteiger charge is 2.24. The summed E-state index contributed by atoms with van der Waals surface area (Å²) in [5, 5.41) is 14.4. The van der Waals surface area contributed by atoms with Crippen LogP contribution in [0.25, 0.3) is 21.6 Å². The summed E-state index contributed by atoms with van der Waals surface area (Å²) < 4.78 is 6.99. The van der Waals surface area contributed by atoms with Crippen LogP contribution in [0.4, 0.5) is 4.79 Å². The van der Waals surface area contributed by atoms with Crippen molar-refractivity contribution in [1.82, 2.24) is 19.9 Å². The van der Waals surface area contributed by atoms with Gasteiger partial charge in [0.05, 0.1) is 16.9 Å². The molecule has 0 bridgehead atoms. The van der Waals surface area contributed by atoms with E-state index >= 15 is 0 Å². The van der Waals surface area contributed by atoms with E-state index in [0.29, 0.717) is 28.8 Å². The molecule has 28 heavy (non-hydrogen) atoms. The average Bonchev–Trinajstić information content (AvgIpc) is 3.14. The van der Waals surface area contributed by atoms with Gasteiger partial charge in [-0.3, -0.25) is 4.79 Å². The maximum atomic E-state index is 12.5. The van der Waals surface area contributed by atoms with Crippen molar-refractivity contribution in [3.63, 3.8) is 0 Å². The molecule has 146 valence electrons. The van der Waals surface area contributed by atoms with Gasteiger partial charge in [0.25, 0.3) is 5.56 Å². The number of carbonyl (C=O) groups is 1. The van der Waals surface area contributed by atoms with Crippen molar-refractivity contribution in [1.29, 1.82) is 5.26 Å². The summed E-state index contributed by atoms with van der Waals surface area (Å²) in [4.78, 5) is 32.1. The van der Waals surface area contributed by atoms with Crippen LogP contribution in [0.1, 0.15) is 31.9 Å². The third-order valence-electron chi connectivity index (χ3n) is 4.03. The largest absolute Gasteiger partial charge is 0.444 e. The molecule has 3 aromatic rings. The average molecular weight is 399 g/mol. The normalized spacial score (nSPS) is 11.4. The van der Waals surface area contributed by atoms with Crippen molar-refractivity contribution in [3.8, 4) is 16.6 Å². The van der Waals surface area contributed by atoms with Gasteiger partial charge in [0.1, 0.15) is 28.3 Å². The molecule has 0 saturated heterocycles. The Kier molecular flexibility index (Phi) is 5.25. The molecular formula is C19H21N5O3S. The SMILES string of the molecule is Cc1ccsc1-c1c(C#N)c2nc[nH]c(=O)c2n1CCNC(=O)OC(C)(C)C. The summed E-state index contributed by atoms with van der Waals surface area (Å²) >= 11 is 1.49. The first-order valence-electron chi connectivity index (χ1n) is 8.74. The van der Waals surface area contributed by atoms with Gasteiger partial charge in [-0.1, -0.05) is 0 Å². The van der Waals surface area contributed by atoms with Crippen LogP contribution in [0.3, 0.4) is 0 Å². The molecule has 1 amide bonds. The summed E-state index contributed by atoms with van der Waals surface area (Å²) in [6.45, 7) is 7.83. The summed E-state index contributed by atoms with van der Waals surface area (Å²) in [6.07, 6.45) is 0.755. The van der Waals surface area contributed by atoms with Gasteiger partial charge in [0, 0.05) is 13.1 Å². The number of fused-ring (bicyclic) bond motifs is 1. The van der Waals surface area contributed by atoms with Crippen LogP contribution in [0.2, 0.25) is 0 Å². The lowest BCUT2D eigenvalue weighted by atomic mass is 10.1. The van der Waals surface area contributed by atoms with Crippen LogP contribution >= 0.6 is 11.3 Å². The Morgan fingerprint density at radius 2 is 2.21 bits per heavy atom. The van der Waals surface area contributed by atoms with Crippen LogP contribution in [-0.4, -0.2) is 32.8 Å². The molecule has 0 radical (unpaired) electrons. The van der Waals surface area contributed by atoms with Gasteiger partial charge < -0.3 is 19.6 Å². The van der Waals surface area contributed by atoms with Gasteiger partial charge in [-0.15, -0.1) is 11.3 Å². The number of H-pyrrole nitrogens is 1. The number of hydrogen-bond donors (Lipinski definition) is 2. The van der Waals surface area contributed by atoms with Crippen molar-refractivity contribution in [2.24, 2.45) is 0 Å². The van der Waals surface area contributed by atoms with Gasteiger partial charge in [-0.25, -0.2) is 9.78 Å². The Balaban J connectivity index is 2.04. The monoisotopic (exact) mass is 399 g/mol. The standard InChI is InChI=1S/C19H21N5O3S/c1-11-5-8-28-16(11)14-12(9-20)13-15(17(25)23-10-22-13)24(14)7-6-21-18(26)27-19(2,3)4/h5,8,10H,6-7H2,1-4H3,(H,21,26)(H,22,23,25). The third-order valence-corrected chi connectivity index (χ3v) is 5.06. The van der Waals surface area contributed by atoms with E-state index in [-0.39, 0.29) is 12.1 Å². The first-order chi connectivity index (χ1) is 13.2. The predicted molar refractivity (Wildman–Crippen MR) is 107 cm³/mol. The molecule has 0 aromatic carbocycles. The predicted octanol–water partition coefficient (Wildman–Crippen LogP) is 3.16. The molecule has 3 aromatic heterocycles. The van der Waals surface area contributed by atoms with Crippen molar-refractivity contribution < 1.29 is 9.53 Å². The summed E-state index contributed by atoms with van der Waals surface area (Å²) in [6, 6.07) is 4.15. The molecule has 0 fully saturated rings. The molecule has 3 heterocycles. The number of aryl methyl sites for hydroxylation is 1. The number of aromatic nitrogens is 3. The van der Waals surface area contributed by atoms with Crippen LogP contribution in [-0.2, 0) is 11.3 Å². The van der Waals surface area contributed by atoms with E-state index in [0.717, 1.165) is 10.4 Å². The molecule has 0 aliphatic carbocycles. The molecule has 2 N–H and O–H groups in total. The fourth-order valence-electron chi connectivity index (χ4n) is 2.95. The zero-order chi connectivity index (χ0) is 20.5. The van der Waals surface area contributed by atoms with E-state index in [1.165, 1.54) is 17.7 Å². The van der Waals surface area contributed by atoms with Crippen molar-refractivity contribution >= 4 is 28.5 Å². The van der Waals surface area contributed by atoms with E-state index < -0.39 is 11.7 Å². The number of aromatic amines is 1. The zero-order valence-electron chi connectivity index (χ0n) is 16.1. The summed E-state index contributed by atoms with van der Waals surface area (Å²) in [5.74, 6) is 0. The van der Waals surface area contributed by atoms with Gasteiger partial charge in [0.2, 0.25) is 0 Å². The lowest BCUT2D eigenvalue weighted by Crippen LogP contribution is -2.34. The van der Waals surface area contributed by atoms with E-state index in [9.17, 15) is 14.9 Å². The van der Waals surface area contributed by atoms with Gasteiger partial charge in [-0.2, -0.15) is 5.26 Å². The summed E-state index contributed by atoms with van der Waals surface area (Å²) in [5.41, 5.74) is 1.72. The fraction of sp³-hybridized carbons (Fsp3) is 0.368. The molecule has 0 spiro atoms. The van der Waals surface area contributed by atoms with E-state index in [4.69, 9.17) is 4.74 Å². The number of nitriles is 1. The van der Waals surface area contributed by atoms with Gasteiger partial charge >= 0.3 is 6.09 Å². The van der Waals surface area contributed by atoms with Crippen LogP contribution < -0.4 is 10.9 Å². The topological polar surface area (TPSA) is 113 Å². The molecule has 3 rings (SSSR count). The highest BCUT2D eigenvalue weighted by atomic mass is 32.1. The second-order valence-electron chi connectivity index (χ2n) is 7.28. The first-order valence-corrected chi connectivity index (χ1v) is 9.62. The number of thiophene rings is 1. The number of carbonyl (C=O) groups excluding carboxylic acids is 1. The second-order valence-corrected chi connectivity index (χ2v) is 8.19. The molecule has 8 nitrogen and oxygen atoms in total. The Hall–Kier alpha value is -3.12. The molecule has 0 aliphatic heterocycles. The molecule has 9 heteroatoms. The molecule has 0 aliphatic rings. The second kappa shape index (κ2) is 7.48. The van der Waals surface area contributed by atoms with Crippen molar-refractivity contribution in [3.05, 3.63) is 39.3 Å². The minimum Gasteiger partial charge on any atom is -0.444 e. The number of nitrogens with one attached hydrogen (secondary N) is 2. The van der Waals surface area contributed by atoms with Crippen molar-refractivity contribution in [2.75, 3.05) is 6.54 Å². The Bertz CT molecular complexity index is 1130. The molecule has 0 saturated carbocycles. The first kappa shape index (κ1) is 19.6. The Labute approximate surface area is 165 Å². The lowest BCUT2D eigenvalue weighted by Gasteiger charge is -2.20. The van der Waals surface area contributed by atoms with Crippen molar-refractivity contribution in [2.45, 2.75) is 39.8 Å². The fourth-order valence-corrected chi connectivity index (χ4v) is 3.94. The number of ether oxygens (including phenoxy) is 1. The molecule has 0 atom stereocenters. The third kappa shape index (κ3) is 3.77. The quantitative estimate of drug-likeness (QED) is 0.700.